The zero-order chi connectivity index (χ0) is 34.8. The summed E-state index contributed by atoms with van der Waals surface area (Å²) in [6, 6.07) is 6.61. The van der Waals surface area contributed by atoms with Crippen LogP contribution in [0.25, 0.3) is 11.8 Å². The predicted octanol–water partition coefficient (Wildman–Crippen LogP) is -4.36. The molecular weight excluding hydrogens is 928 g/mol. The molecule has 0 saturated heterocycles. The standard InChI is InChI=1S/C27H20I2N6O10S2.2Na/c28-18-12-14(46(40,41)42)8-10-20(18)34-26(38)16(22(32-34)24(30)36)6-4-2-1-3-5-7-17-23(25(31)37)33-35(27(17)39)21-11-9-15(13-19(21)29)47(43,44)45;;/h1-13,38H,(H2,30,36)(H2,31,37)(H,40,41,42)(H,43,44,45);;/q;2*+1/p-2/b2-1+,5-3+,6-4+,17-7-;;/i28-2,29-2;;. The van der Waals surface area contributed by atoms with Crippen LogP contribution < -0.4 is 75.6 Å². The largest absolute Gasteiger partial charge is 1.00 e. The number of aromatic nitrogens is 2. The van der Waals surface area contributed by atoms with Gasteiger partial charge in [-0.15, -0.1) is 0 Å². The summed E-state index contributed by atoms with van der Waals surface area (Å²) in [4.78, 5) is 36.1. The summed E-state index contributed by atoms with van der Waals surface area (Å²) in [5.41, 5.74) is 10.2. The molecular formula is C27H18I2N6Na2O10S2. The molecule has 244 valence electrons. The number of amides is 3. The van der Waals surface area contributed by atoms with Crippen molar-refractivity contribution < 1.29 is 105 Å². The van der Waals surface area contributed by atoms with Gasteiger partial charge in [0.1, 0.15) is 20.2 Å². The Morgan fingerprint density at radius 3 is 1.82 bits per heavy atom. The van der Waals surface area contributed by atoms with E-state index in [9.17, 15) is 45.4 Å². The normalized spacial score (nSPS) is 14.4. The molecule has 0 fully saturated rings. The van der Waals surface area contributed by atoms with Crippen LogP contribution in [0.3, 0.4) is 0 Å². The molecule has 0 aliphatic carbocycles. The number of primary amides is 2. The van der Waals surface area contributed by atoms with Gasteiger partial charge in [-0.2, -0.15) is 19.9 Å². The summed E-state index contributed by atoms with van der Waals surface area (Å²) in [5, 5.41) is 19.6. The Hall–Kier alpha value is -2.23. The fraction of sp³-hybridized carbons (Fsp3) is 0. The number of nitrogens with zero attached hydrogens (tertiary/aromatic N) is 4. The van der Waals surface area contributed by atoms with Gasteiger partial charge in [-0.3, -0.25) is 14.4 Å². The molecule has 5 N–H and O–H groups in total. The SMILES string of the molecule is NC(=O)C1=NN(c2ccc(S(=O)(=O)[O-])cc2[125I])C(=O)\C1=C/C=C/C=C/C=C/c1c(C(N)=O)nn(-c2ccc(S(=O)(=O)[O-])cc2[125I])c1O.[Na+].[Na+]. The van der Waals surface area contributed by atoms with Crippen LogP contribution in [-0.2, 0) is 29.8 Å². The molecule has 0 atom stereocenters. The van der Waals surface area contributed by atoms with E-state index in [-0.39, 0.29) is 100 Å². The molecule has 4 rings (SSSR count). The number of nitrogens with two attached hydrogens (primary N) is 2. The van der Waals surface area contributed by atoms with Crippen molar-refractivity contribution in [3.63, 3.8) is 0 Å². The average Bonchev–Trinajstić information content (AvgIpc) is 3.48. The topological polar surface area (TPSA) is 271 Å². The molecule has 2 aromatic carbocycles. The van der Waals surface area contributed by atoms with Crippen molar-refractivity contribution in [2.45, 2.75) is 9.79 Å². The molecule has 3 aromatic rings. The summed E-state index contributed by atoms with van der Waals surface area (Å²) in [7, 11) is -9.47. The van der Waals surface area contributed by atoms with Gasteiger partial charge in [0.15, 0.2) is 11.4 Å². The van der Waals surface area contributed by atoms with Crippen molar-refractivity contribution >= 4 is 101 Å². The van der Waals surface area contributed by atoms with E-state index in [1.165, 1.54) is 54.7 Å². The maximum absolute atomic E-state index is 13.1. The quantitative estimate of drug-likeness (QED) is 0.0575. The van der Waals surface area contributed by atoms with Crippen molar-refractivity contribution in [3.05, 3.63) is 96.8 Å². The zero-order valence-electron chi connectivity index (χ0n) is 25.1. The number of benzene rings is 2. The second-order valence-corrected chi connectivity index (χ2v) is 14.2. The zero-order valence-corrected chi connectivity index (χ0v) is 35.1. The van der Waals surface area contributed by atoms with E-state index in [2.05, 4.69) is 10.2 Å². The molecule has 22 heteroatoms. The molecule has 0 bridgehead atoms. The Labute approximate surface area is 350 Å². The van der Waals surface area contributed by atoms with Crippen LogP contribution in [0, 0.1) is 7.14 Å². The summed E-state index contributed by atoms with van der Waals surface area (Å²) in [6.45, 7) is 0. The van der Waals surface area contributed by atoms with Gasteiger partial charge in [-0.25, -0.2) is 16.8 Å². The van der Waals surface area contributed by atoms with Gasteiger partial charge in [-0.05, 0) is 93.7 Å². The van der Waals surface area contributed by atoms with Gasteiger partial charge in [-0.1, -0.05) is 30.4 Å². The van der Waals surface area contributed by atoms with E-state index in [1.54, 1.807) is 45.2 Å². The maximum Gasteiger partial charge on any atom is 1.00 e. The smallest absolute Gasteiger partial charge is 0.744 e. The third kappa shape index (κ3) is 9.97. The van der Waals surface area contributed by atoms with Crippen LogP contribution in [0.5, 0.6) is 5.88 Å². The van der Waals surface area contributed by atoms with Crippen molar-refractivity contribution in [1.82, 2.24) is 9.78 Å². The van der Waals surface area contributed by atoms with E-state index < -0.39 is 53.6 Å². The minimum absolute atomic E-state index is 0. The fourth-order valence-corrected chi connectivity index (χ4v) is 6.86. The Bertz CT molecular complexity index is 2230. The molecule has 0 radical (unpaired) electrons. The number of anilines is 1. The predicted molar refractivity (Wildman–Crippen MR) is 181 cm³/mol. The van der Waals surface area contributed by atoms with Crippen LogP contribution >= 0.6 is 45.2 Å². The summed E-state index contributed by atoms with van der Waals surface area (Å²) in [5.74, 6) is -3.21. The number of halogens is 2. The first-order chi connectivity index (χ1) is 21.9. The molecule has 0 spiro atoms. The number of aromatic hydroxyl groups is 1. The van der Waals surface area contributed by atoms with Gasteiger partial charge in [0.05, 0.1) is 32.3 Å². The van der Waals surface area contributed by atoms with Crippen LogP contribution in [-0.4, -0.2) is 64.3 Å². The minimum Gasteiger partial charge on any atom is -0.744 e. The van der Waals surface area contributed by atoms with E-state index in [0.29, 0.717) is 0 Å². The molecule has 16 nitrogen and oxygen atoms in total. The van der Waals surface area contributed by atoms with Crippen molar-refractivity contribution in [2.75, 3.05) is 5.01 Å². The number of hydrogen-bond acceptors (Lipinski definition) is 12. The van der Waals surface area contributed by atoms with Gasteiger partial charge < -0.3 is 25.7 Å². The van der Waals surface area contributed by atoms with Crippen LogP contribution in [0.15, 0.2) is 93.3 Å². The molecule has 0 saturated carbocycles. The van der Waals surface area contributed by atoms with E-state index >= 15 is 0 Å². The first-order valence-electron chi connectivity index (χ1n) is 12.5. The van der Waals surface area contributed by atoms with Crippen LogP contribution in [0.2, 0.25) is 0 Å². The molecule has 1 aliphatic heterocycles. The summed E-state index contributed by atoms with van der Waals surface area (Å²) in [6.07, 6.45) is 9.87. The van der Waals surface area contributed by atoms with Crippen LogP contribution in [0.1, 0.15) is 16.1 Å². The van der Waals surface area contributed by atoms with Gasteiger partial charge in [0, 0.05) is 7.14 Å². The van der Waals surface area contributed by atoms with Crippen molar-refractivity contribution in [2.24, 2.45) is 16.6 Å². The molecule has 2 heterocycles. The van der Waals surface area contributed by atoms with Crippen LogP contribution in [0.4, 0.5) is 5.69 Å². The third-order valence-electron chi connectivity index (χ3n) is 6.08. The average molecular weight is 946 g/mol. The number of carbonyl (C=O) groups excluding carboxylic acids is 3. The first-order valence-corrected chi connectivity index (χ1v) is 17.5. The number of allylic oxidation sites excluding steroid dienone is 6. The Morgan fingerprint density at radius 1 is 0.816 bits per heavy atom. The van der Waals surface area contributed by atoms with E-state index in [1.807, 2.05) is 0 Å². The van der Waals surface area contributed by atoms with Crippen molar-refractivity contribution in [1.29, 1.82) is 0 Å². The molecule has 1 aliphatic rings. The van der Waals surface area contributed by atoms with Gasteiger partial charge in [0.25, 0.3) is 17.7 Å². The number of rotatable bonds is 10. The number of carbonyl (C=O) groups is 3. The third-order valence-corrected chi connectivity index (χ3v) is 9.47. The number of hydrazone groups is 1. The molecule has 3 amide bonds. The second-order valence-electron chi connectivity index (χ2n) is 9.14. The first kappa shape index (κ1) is 42.9. The minimum atomic E-state index is -4.74. The summed E-state index contributed by atoms with van der Waals surface area (Å²) < 4.78 is 69.3. The molecule has 49 heavy (non-hydrogen) atoms. The van der Waals surface area contributed by atoms with Gasteiger partial charge >= 0.3 is 59.1 Å². The Kier molecular flexibility index (Phi) is 15.2. The fourth-order valence-electron chi connectivity index (χ4n) is 3.96. The maximum atomic E-state index is 13.1. The molecule has 1 aromatic heterocycles. The van der Waals surface area contributed by atoms with E-state index in [4.69, 9.17) is 11.5 Å². The Balaban J connectivity index is 0.00000417. The Morgan fingerprint density at radius 2 is 1.33 bits per heavy atom. The number of hydrogen-bond donors (Lipinski definition) is 3. The van der Waals surface area contributed by atoms with E-state index in [0.717, 1.165) is 34.0 Å². The van der Waals surface area contributed by atoms with Crippen molar-refractivity contribution in [3.8, 4) is 11.6 Å². The summed E-state index contributed by atoms with van der Waals surface area (Å²) >= 11 is 3.46. The second kappa shape index (κ2) is 17.3. The van der Waals surface area contributed by atoms with Gasteiger partial charge in [0.2, 0.25) is 5.88 Å². The monoisotopic (exact) mass is 946 g/mol. The molecule has 0 unspecified atom stereocenters.